The van der Waals surface area contributed by atoms with E-state index in [9.17, 15) is 4.79 Å². The monoisotopic (exact) mass is 238 g/mol. The van der Waals surface area contributed by atoms with Crippen molar-refractivity contribution < 1.29 is 4.79 Å². The van der Waals surface area contributed by atoms with E-state index in [1.54, 1.807) is 11.8 Å². The molecule has 1 aromatic rings. The van der Waals surface area contributed by atoms with Gasteiger partial charge in [-0.3, -0.25) is 4.79 Å². The number of nitrogens with one attached hydrogen (secondary N) is 1. The Kier molecular flexibility index (Phi) is 5.96. The molecule has 0 atom stereocenters. The summed E-state index contributed by atoms with van der Waals surface area (Å²) in [7, 11) is 0. The van der Waals surface area contributed by atoms with Crippen molar-refractivity contribution in [3.05, 3.63) is 29.8 Å². The molecule has 0 aliphatic rings. The highest BCUT2D eigenvalue weighted by Crippen LogP contribution is 2.09. The average molecular weight is 238 g/mol. The second-order valence-corrected chi connectivity index (χ2v) is 4.79. The molecular formula is C12H18N2OS. The molecule has 16 heavy (non-hydrogen) atoms. The number of aryl methyl sites for hydroxylation is 1. The lowest BCUT2D eigenvalue weighted by Crippen LogP contribution is -2.12. The molecule has 0 spiro atoms. The molecule has 0 aliphatic heterocycles. The maximum Gasteiger partial charge on any atom is 0.225 e. The molecule has 0 heterocycles. The van der Waals surface area contributed by atoms with Crippen LogP contribution < -0.4 is 11.1 Å². The maximum absolute atomic E-state index is 11.5. The summed E-state index contributed by atoms with van der Waals surface area (Å²) < 4.78 is 0. The van der Waals surface area contributed by atoms with Crippen molar-refractivity contribution in [2.75, 3.05) is 23.4 Å². The number of hydrogen-bond acceptors (Lipinski definition) is 3. The van der Waals surface area contributed by atoms with Gasteiger partial charge in [0.25, 0.3) is 0 Å². The zero-order valence-corrected chi connectivity index (χ0v) is 10.3. The van der Waals surface area contributed by atoms with Crippen molar-refractivity contribution in [1.82, 2.24) is 0 Å². The highest BCUT2D eigenvalue weighted by Gasteiger charge is 2.01. The Morgan fingerprint density at radius 1 is 1.31 bits per heavy atom. The first-order valence-corrected chi connectivity index (χ1v) is 6.52. The summed E-state index contributed by atoms with van der Waals surface area (Å²) in [4.78, 5) is 11.5. The van der Waals surface area contributed by atoms with Gasteiger partial charge >= 0.3 is 0 Å². The second kappa shape index (κ2) is 7.30. The minimum atomic E-state index is 0.0633. The predicted octanol–water partition coefficient (Wildman–Crippen LogP) is 2.02. The van der Waals surface area contributed by atoms with Crippen LogP contribution in [0, 0.1) is 6.92 Å². The number of hydrogen-bond donors (Lipinski definition) is 2. The summed E-state index contributed by atoms with van der Waals surface area (Å²) >= 11 is 1.71. The Morgan fingerprint density at radius 2 is 2.00 bits per heavy atom. The molecule has 0 saturated carbocycles. The lowest BCUT2D eigenvalue weighted by atomic mass is 10.2. The third-order valence-corrected chi connectivity index (χ3v) is 3.09. The third-order valence-electron chi connectivity index (χ3n) is 2.07. The molecule has 1 amide bonds. The molecular weight excluding hydrogens is 220 g/mol. The number of benzene rings is 1. The van der Waals surface area contributed by atoms with E-state index in [4.69, 9.17) is 5.73 Å². The van der Waals surface area contributed by atoms with Gasteiger partial charge in [0.2, 0.25) is 5.91 Å². The highest BCUT2D eigenvalue weighted by atomic mass is 32.2. The van der Waals surface area contributed by atoms with Gasteiger partial charge in [-0.15, -0.1) is 0 Å². The van der Waals surface area contributed by atoms with Gasteiger partial charge in [0.1, 0.15) is 0 Å². The van der Waals surface area contributed by atoms with Crippen molar-refractivity contribution >= 4 is 23.4 Å². The van der Waals surface area contributed by atoms with Crippen LogP contribution in [-0.4, -0.2) is 24.0 Å². The first kappa shape index (κ1) is 13.1. The highest BCUT2D eigenvalue weighted by molar-refractivity contribution is 7.99. The van der Waals surface area contributed by atoms with Crippen molar-refractivity contribution in [2.45, 2.75) is 13.3 Å². The van der Waals surface area contributed by atoms with E-state index < -0.39 is 0 Å². The molecule has 1 rings (SSSR count). The zero-order valence-electron chi connectivity index (χ0n) is 9.53. The Balaban J connectivity index is 2.26. The van der Waals surface area contributed by atoms with E-state index in [2.05, 4.69) is 5.32 Å². The fourth-order valence-corrected chi connectivity index (χ4v) is 1.91. The zero-order chi connectivity index (χ0) is 11.8. The molecule has 1 aromatic carbocycles. The molecule has 3 nitrogen and oxygen atoms in total. The molecule has 88 valence electrons. The molecule has 3 N–H and O–H groups in total. The fourth-order valence-electron chi connectivity index (χ4n) is 1.21. The number of carbonyl (C=O) groups excluding carboxylic acids is 1. The van der Waals surface area contributed by atoms with Crippen LogP contribution in [0.4, 0.5) is 5.69 Å². The van der Waals surface area contributed by atoms with E-state index in [-0.39, 0.29) is 5.91 Å². The van der Waals surface area contributed by atoms with Crippen LogP contribution in [0.25, 0.3) is 0 Å². The number of anilines is 1. The van der Waals surface area contributed by atoms with E-state index in [1.165, 1.54) is 5.56 Å². The van der Waals surface area contributed by atoms with Gasteiger partial charge in [-0.25, -0.2) is 0 Å². The van der Waals surface area contributed by atoms with Gasteiger partial charge in [-0.1, -0.05) is 17.7 Å². The van der Waals surface area contributed by atoms with Crippen LogP contribution in [0.15, 0.2) is 24.3 Å². The van der Waals surface area contributed by atoms with Gasteiger partial charge < -0.3 is 11.1 Å². The standard InChI is InChI=1S/C12H18N2OS/c1-10-2-4-11(5-3-10)14-12(15)6-8-16-9-7-13/h2-5H,6-9,13H2,1H3,(H,14,15). The number of nitrogens with two attached hydrogens (primary N) is 1. The quantitative estimate of drug-likeness (QED) is 0.745. The minimum Gasteiger partial charge on any atom is -0.330 e. The first-order valence-electron chi connectivity index (χ1n) is 5.36. The van der Waals surface area contributed by atoms with Crippen LogP contribution in [0.2, 0.25) is 0 Å². The second-order valence-electron chi connectivity index (χ2n) is 3.57. The van der Waals surface area contributed by atoms with Crippen molar-refractivity contribution in [3.63, 3.8) is 0 Å². The van der Waals surface area contributed by atoms with E-state index in [0.29, 0.717) is 13.0 Å². The van der Waals surface area contributed by atoms with E-state index in [0.717, 1.165) is 17.2 Å². The predicted molar refractivity (Wildman–Crippen MR) is 70.8 cm³/mol. The Hall–Kier alpha value is -1.00. The fraction of sp³-hybridized carbons (Fsp3) is 0.417. The molecule has 0 unspecified atom stereocenters. The summed E-state index contributed by atoms with van der Waals surface area (Å²) in [5, 5.41) is 2.86. The van der Waals surface area contributed by atoms with Crippen molar-refractivity contribution in [2.24, 2.45) is 5.73 Å². The molecule has 0 radical (unpaired) electrons. The van der Waals surface area contributed by atoms with Gasteiger partial charge in [-0.05, 0) is 19.1 Å². The van der Waals surface area contributed by atoms with Gasteiger partial charge in [0, 0.05) is 30.2 Å². The van der Waals surface area contributed by atoms with Crippen molar-refractivity contribution in [1.29, 1.82) is 0 Å². The van der Waals surface area contributed by atoms with E-state index in [1.807, 2.05) is 31.2 Å². The van der Waals surface area contributed by atoms with Crippen LogP contribution >= 0.6 is 11.8 Å². The summed E-state index contributed by atoms with van der Waals surface area (Å²) in [5.41, 5.74) is 7.41. The summed E-state index contributed by atoms with van der Waals surface area (Å²) in [5.74, 6) is 1.81. The Morgan fingerprint density at radius 3 is 2.62 bits per heavy atom. The lowest BCUT2D eigenvalue weighted by Gasteiger charge is -2.05. The van der Waals surface area contributed by atoms with Crippen LogP contribution in [0.5, 0.6) is 0 Å². The first-order chi connectivity index (χ1) is 7.72. The van der Waals surface area contributed by atoms with Crippen LogP contribution in [-0.2, 0) is 4.79 Å². The van der Waals surface area contributed by atoms with Crippen LogP contribution in [0.3, 0.4) is 0 Å². The Bertz CT molecular complexity index is 324. The third kappa shape index (κ3) is 5.19. The largest absolute Gasteiger partial charge is 0.330 e. The van der Waals surface area contributed by atoms with Gasteiger partial charge in [0.15, 0.2) is 0 Å². The summed E-state index contributed by atoms with van der Waals surface area (Å²) in [6, 6.07) is 7.80. The Labute approximate surface area is 101 Å². The van der Waals surface area contributed by atoms with Crippen molar-refractivity contribution in [3.8, 4) is 0 Å². The normalized spacial score (nSPS) is 10.1. The number of carbonyl (C=O) groups is 1. The maximum atomic E-state index is 11.5. The smallest absolute Gasteiger partial charge is 0.225 e. The number of thioether (sulfide) groups is 1. The minimum absolute atomic E-state index is 0.0633. The molecule has 0 bridgehead atoms. The summed E-state index contributed by atoms with van der Waals surface area (Å²) in [6.07, 6.45) is 0.540. The number of rotatable bonds is 6. The summed E-state index contributed by atoms with van der Waals surface area (Å²) in [6.45, 7) is 2.69. The van der Waals surface area contributed by atoms with Gasteiger partial charge in [0.05, 0.1) is 0 Å². The number of amides is 1. The molecule has 0 aliphatic carbocycles. The van der Waals surface area contributed by atoms with Crippen LogP contribution in [0.1, 0.15) is 12.0 Å². The topological polar surface area (TPSA) is 55.1 Å². The average Bonchev–Trinajstić information content (AvgIpc) is 2.28. The molecule has 0 saturated heterocycles. The molecule has 4 heteroatoms. The lowest BCUT2D eigenvalue weighted by molar-refractivity contribution is -0.115. The SMILES string of the molecule is Cc1ccc(NC(=O)CCSCCN)cc1. The van der Waals surface area contributed by atoms with Gasteiger partial charge in [-0.2, -0.15) is 11.8 Å². The molecule has 0 aromatic heterocycles. The molecule has 0 fully saturated rings. The van der Waals surface area contributed by atoms with E-state index >= 15 is 0 Å².